The second-order valence-electron chi connectivity index (χ2n) is 10.5. The van der Waals surface area contributed by atoms with Gasteiger partial charge in [-0.1, -0.05) is 26.0 Å². The number of anilines is 1. The summed E-state index contributed by atoms with van der Waals surface area (Å²) < 4.78 is 12.7. The predicted molar refractivity (Wildman–Crippen MR) is 135 cm³/mol. The molecule has 0 radical (unpaired) electrons. The van der Waals surface area contributed by atoms with Crippen LogP contribution in [-0.4, -0.2) is 17.0 Å². The molecular weight excluding hydrogens is 398 g/mol. The smallest absolute Gasteiger partial charge is 0.185 e. The first-order valence-corrected chi connectivity index (χ1v) is 10.9. The average molecular weight is 436 g/mol. The summed E-state index contributed by atoms with van der Waals surface area (Å²) >= 11 is 0. The largest absolute Gasteiger partial charge is 0.487 e. The van der Waals surface area contributed by atoms with E-state index in [4.69, 9.17) is 15.2 Å². The molecule has 0 fully saturated rings. The molecule has 0 heterocycles. The van der Waals surface area contributed by atoms with Crippen LogP contribution in [0.1, 0.15) is 76.9 Å². The Labute approximate surface area is 193 Å². The number of allylic oxidation sites excluding steroid dienone is 2. The summed E-state index contributed by atoms with van der Waals surface area (Å²) in [5.41, 5.74) is 7.42. The van der Waals surface area contributed by atoms with Gasteiger partial charge in [0.05, 0.1) is 5.56 Å². The second kappa shape index (κ2) is 9.23. The molecule has 0 amide bonds. The first-order chi connectivity index (χ1) is 14.6. The maximum absolute atomic E-state index is 12.8. The molecule has 2 rings (SSSR count). The van der Waals surface area contributed by atoms with E-state index < -0.39 is 11.2 Å². The molecule has 0 atom stereocenters. The third-order valence-electron chi connectivity index (χ3n) is 4.78. The Morgan fingerprint density at radius 3 is 1.94 bits per heavy atom. The van der Waals surface area contributed by atoms with E-state index in [-0.39, 0.29) is 11.2 Å². The minimum Gasteiger partial charge on any atom is -0.487 e. The minimum absolute atomic E-state index is 0.123. The van der Waals surface area contributed by atoms with Crippen LogP contribution in [0, 0.1) is 0 Å². The van der Waals surface area contributed by atoms with Gasteiger partial charge in [-0.2, -0.15) is 0 Å². The van der Waals surface area contributed by atoms with E-state index in [1.54, 1.807) is 36.4 Å². The highest BCUT2D eigenvalue weighted by molar-refractivity contribution is 6.07. The van der Waals surface area contributed by atoms with Crippen molar-refractivity contribution in [2.75, 3.05) is 5.73 Å². The maximum Gasteiger partial charge on any atom is 0.185 e. The van der Waals surface area contributed by atoms with E-state index in [2.05, 4.69) is 20.4 Å². The number of hydrogen-bond acceptors (Lipinski definition) is 4. The Bertz CT molecular complexity index is 1000. The molecule has 0 bridgehead atoms. The number of hydrogen-bond donors (Lipinski definition) is 1. The van der Waals surface area contributed by atoms with Gasteiger partial charge in [-0.15, -0.1) is 6.58 Å². The predicted octanol–water partition coefficient (Wildman–Crippen LogP) is 6.98. The Morgan fingerprint density at radius 1 is 0.875 bits per heavy atom. The lowest BCUT2D eigenvalue weighted by Gasteiger charge is -2.32. The highest BCUT2D eigenvalue weighted by Gasteiger charge is 2.28. The van der Waals surface area contributed by atoms with Crippen LogP contribution < -0.4 is 15.2 Å². The van der Waals surface area contributed by atoms with Gasteiger partial charge < -0.3 is 15.2 Å². The molecule has 0 spiro atoms. The lowest BCUT2D eigenvalue weighted by Crippen LogP contribution is -2.27. The van der Waals surface area contributed by atoms with Crippen LogP contribution in [-0.2, 0) is 5.41 Å². The lowest BCUT2D eigenvalue weighted by molar-refractivity contribution is 0.104. The maximum atomic E-state index is 12.8. The fraction of sp³-hybridized carbons (Fsp3) is 0.393. The molecule has 2 aromatic carbocycles. The summed E-state index contributed by atoms with van der Waals surface area (Å²) in [6.45, 7) is 20.2. The molecule has 0 saturated carbocycles. The summed E-state index contributed by atoms with van der Waals surface area (Å²) in [5, 5.41) is 0. The molecule has 2 aromatic rings. The normalized spacial score (nSPS) is 12.6. The monoisotopic (exact) mass is 435 g/mol. The topological polar surface area (TPSA) is 61.5 Å². The van der Waals surface area contributed by atoms with Crippen LogP contribution in [0.25, 0.3) is 6.08 Å². The van der Waals surface area contributed by atoms with Gasteiger partial charge in [-0.05, 0) is 84.0 Å². The summed E-state index contributed by atoms with van der Waals surface area (Å²) in [4.78, 5) is 12.8. The molecule has 0 aromatic heterocycles. The van der Waals surface area contributed by atoms with Crippen LogP contribution in [0.15, 0.2) is 55.1 Å². The third kappa shape index (κ3) is 6.74. The minimum atomic E-state index is -0.449. The van der Waals surface area contributed by atoms with Crippen LogP contribution >= 0.6 is 0 Å². The van der Waals surface area contributed by atoms with Gasteiger partial charge in [-0.25, -0.2) is 0 Å². The van der Waals surface area contributed by atoms with Crippen molar-refractivity contribution in [2.24, 2.45) is 0 Å². The summed E-state index contributed by atoms with van der Waals surface area (Å²) in [6, 6.07) is 10.8. The van der Waals surface area contributed by atoms with Crippen molar-refractivity contribution in [3.63, 3.8) is 0 Å². The van der Waals surface area contributed by atoms with Gasteiger partial charge in [0.1, 0.15) is 22.7 Å². The van der Waals surface area contributed by atoms with E-state index in [0.29, 0.717) is 22.7 Å². The van der Waals surface area contributed by atoms with E-state index in [0.717, 1.165) is 11.1 Å². The first-order valence-electron chi connectivity index (χ1n) is 10.9. The quantitative estimate of drug-likeness (QED) is 0.220. The van der Waals surface area contributed by atoms with Crippen molar-refractivity contribution in [1.29, 1.82) is 0 Å². The molecule has 0 saturated heterocycles. The SMILES string of the molecule is C=CC(C)(C)c1ccc(OC(C)(C)C)c(C=CC(=O)c2ccc(N)cc2)c1OC(C)(C)C. The first kappa shape index (κ1) is 25.3. The van der Waals surface area contributed by atoms with E-state index in [1.165, 1.54) is 0 Å². The van der Waals surface area contributed by atoms with Crippen LogP contribution in [0.5, 0.6) is 11.5 Å². The summed E-state index contributed by atoms with van der Waals surface area (Å²) in [6.07, 6.45) is 5.23. The van der Waals surface area contributed by atoms with Gasteiger partial charge >= 0.3 is 0 Å². The molecule has 0 aliphatic heterocycles. The Kier molecular flexibility index (Phi) is 7.29. The van der Waals surface area contributed by atoms with Gasteiger partial charge in [-0.3, -0.25) is 4.79 Å². The molecule has 4 heteroatoms. The van der Waals surface area contributed by atoms with Crippen LogP contribution in [0.4, 0.5) is 5.69 Å². The molecule has 4 nitrogen and oxygen atoms in total. The van der Waals surface area contributed by atoms with Crippen molar-refractivity contribution >= 4 is 17.5 Å². The van der Waals surface area contributed by atoms with E-state index in [9.17, 15) is 4.79 Å². The fourth-order valence-electron chi connectivity index (χ4n) is 3.09. The zero-order chi connectivity index (χ0) is 24.3. The van der Waals surface area contributed by atoms with Gasteiger partial charge in [0.25, 0.3) is 0 Å². The van der Waals surface area contributed by atoms with Crippen molar-refractivity contribution < 1.29 is 14.3 Å². The summed E-state index contributed by atoms with van der Waals surface area (Å²) in [5.74, 6) is 1.22. The fourth-order valence-corrected chi connectivity index (χ4v) is 3.09. The molecule has 0 aliphatic carbocycles. The van der Waals surface area contributed by atoms with Crippen molar-refractivity contribution in [2.45, 2.75) is 72.0 Å². The van der Waals surface area contributed by atoms with E-state index in [1.807, 2.05) is 59.8 Å². The van der Waals surface area contributed by atoms with Crippen molar-refractivity contribution in [3.05, 3.63) is 71.8 Å². The molecular formula is C28H37NO3. The number of carbonyl (C=O) groups excluding carboxylic acids is 1. The van der Waals surface area contributed by atoms with Crippen LogP contribution in [0.3, 0.4) is 0 Å². The highest BCUT2D eigenvalue weighted by atomic mass is 16.5. The zero-order valence-electron chi connectivity index (χ0n) is 20.7. The summed E-state index contributed by atoms with van der Waals surface area (Å²) in [7, 11) is 0. The van der Waals surface area contributed by atoms with Crippen molar-refractivity contribution in [1.82, 2.24) is 0 Å². The Morgan fingerprint density at radius 2 is 1.44 bits per heavy atom. The molecule has 0 unspecified atom stereocenters. The number of nitrogen functional groups attached to an aromatic ring is 1. The van der Waals surface area contributed by atoms with E-state index >= 15 is 0 Å². The standard InChI is InChI=1S/C28H37NO3/c1-10-28(8,9)22-16-18-24(31-26(2,3)4)21(25(22)32-27(5,6)7)15-17-23(30)19-11-13-20(29)14-12-19/h10-18H,1,29H2,2-9H3. The number of carbonyl (C=O) groups is 1. The highest BCUT2D eigenvalue weighted by Crippen LogP contribution is 2.42. The van der Waals surface area contributed by atoms with Gasteiger partial charge in [0.15, 0.2) is 5.78 Å². The number of rotatable bonds is 7. The zero-order valence-corrected chi connectivity index (χ0v) is 20.7. The number of benzene rings is 2. The van der Waals surface area contributed by atoms with Gasteiger partial charge in [0.2, 0.25) is 0 Å². The number of nitrogens with two attached hydrogens (primary N) is 1. The lowest BCUT2D eigenvalue weighted by atomic mass is 9.82. The van der Waals surface area contributed by atoms with Gasteiger partial charge in [0, 0.05) is 22.2 Å². The average Bonchev–Trinajstić information content (AvgIpc) is 2.65. The molecule has 2 N–H and O–H groups in total. The Balaban J connectivity index is 2.70. The number of ether oxygens (including phenoxy) is 2. The molecule has 0 aliphatic rings. The molecule has 172 valence electrons. The number of ketones is 1. The van der Waals surface area contributed by atoms with Crippen LogP contribution in [0.2, 0.25) is 0 Å². The third-order valence-corrected chi connectivity index (χ3v) is 4.78. The second-order valence-corrected chi connectivity index (χ2v) is 10.5. The molecule has 32 heavy (non-hydrogen) atoms. The van der Waals surface area contributed by atoms with Crippen molar-refractivity contribution in [3.8, 4) is 11.5 Å². The Hall–Kier alpha value is -3.01.